The monoisotopic (exact) mass is 280 g/mol. The number of anilines is 1. The molecule has 0 spiro atoms. The van der Waals surface area contributed by atoms with Crippen molar-refractivity contribution in [3.8, 4) is 0 Å². The number of benzene rings is 1. The van der Waals surface area contributed by atoms with E-state index in [1.165, 1.54) is 18.9 Å². The largest absolute Gasteiger partial charge is 0.394 e. The van der Waals surface area contributed by atoms with Crippen LogP contribution in [0.25, 0.3) is 0 Å². The van der Waals surface area contributed by atoms with Gasteiger partial charge in [0, 0.05) is 25.7 Å². The van der Waals surface area contributed by atoms with E-state index in [9.17, 15) is 9.50 Å². The Bertz CT molecular complexity index is 465. The number of rotatable bonds is 5. The van der Waals surface area contributed by atoms with Crippen LogP contribution in [-0.4, -0.2) is 43.6 Å². The van der Waals surface area contributed by atoms with Crippen LogP contribution in [0.5, 0.6) is 0 Å². The summed E-state index contributed by atoms with van der Waals surface area (Å²) in [5.41, 5.74) is 1.64. The maximum atomic E-state index is 14.2. The first-order valence-electron chi connectivity index (χ1n) is 7.26. The third-order valence-electron chi connectivity index (χ3n) is 3.89. The summed E-state index contributed by atoms with van der Waals surface area (Å²) < 4.78 is 19.7. The fourth-order valence-corrected chi connectivity index (χ4v) is 2.63. The molecule has 0 radical (unpaired) electrons. The molecule has 1 aromatic carbocycles. The van der Waals surface area contributed by atoms with Crippen LogP contribution in [0.1, 0.15) is 18.4 Å². The van der Waals surface area contributed by atoms with E-state index in [0.717, 1.165) is 5.56 Å². The molecule has 1 atom stereocenters. The minimum absolute atomic E-state index is 0.0272. The Morgan fingerprint density at radius 3 is 3.00 bits per heavy atom. The summed E-state index contributed by atoms with van der Waals surface area (Å²) in [6.07, 6.45) is 2.21. The molecule has 0 aromatic heterocycles. The summed E-state index contributed by atoms with van der Waals surface area (Å²) >= 11 is 0. The van der Waals surface area contributed by atoms with Crippen LogP contribution in [0.4, 0.5) is 10.1 Å². The van der Waals surface area contributed by atoms with Crippen molar-refractivity contribution < 1.29 is 14.2 Å². The van der Waals surface area contributed by atoms with E-state index in [1.807, 2.05) is 11.0 Å². The Morgan fingerprint density at radius 2 is 2.25 bits per heavy atom. The van der Waals surface area contributed by atoms with Gasteiger partial charge in [0.2, 0.25) is 0 Å². The van der Waals surface area contributed by atoms with Gasteiger partial charge in [-0.05, 0) is 24.5 Å². The lowest BCUT2D eigenvalue weighted by Crippen LogP contribution is -2.45. The molecule has 1 aromatic rings. The van der Waals surface area contributed by atoms with E-state index in [0.29, 0.717) is 38.0 Å². The molecule has 2 fully saturated rings. The Hall–Kier alpha value is -1.17. The fraction of sp³-hybridized carbons (Fsp3) is 0.600. The van der Waals surface area contributed by atoms with Crippen molar-refractivity contribution in [2.75, 3.05) is 31.2 Å². The molecular weight excluding hydrogens is 259 g/mol. The number of ether oxygens (including phenoxy) is 1. The molecule has 0 bridgehead atoms. The van der Waals surface area contributed by atoms with Crippen LogP contribution in [0.15, 0.2) is 18.2 Å². The molecule has 1 aliphatic carbocycles. The van der Waals surface area contributed by atoms with Crippen molar-refractivity contribution >= 4 is 5.69 Å². The van der Waals surface area contributed by atoms with Crippen molar-refractivity contribution in [3.63, 3.8) is 0 Å². The van der Waals surface area contributed by atoms with E-state index in [-0.39, 0.29) is 18.5 Å². The molecule has 1 saturated carbocycles. The summed E-state index contributed by atoms with van der Waals surface area (Å²) in [7, 11) is 0. The maximum Gasteiger partial charge on any atom is 0.146 e. The Morgan fingerprint density at radius 1 is 1.40 bits per heavy atom. The molecule has 110 valence electrons. The Balaban J connectivity index is 1.78. The number of para-hydroxylation sites is 1. The van der Waals surface area contributed by atoms with E-state index in [4.69, 9.17) is 4.74 Å². The van der Waals surface area contributed by atoms with Gasteiger partial charge >= 0.3 is 0 Å². The zero-order valence-corrected chi connectivity index (χ0v) is 11.5. The van der Waals surface area contributed by atoms with Crippen LogP contribution in [0.2, 0.25) is 0 Å². The third kappa shape index (κ3) is 3.11. The smallest absolute Gasteiger partial charge is 0.146 e. The summed E-state index contributed by atoms with van der Waals surface area (Å²) in [4.78, 5) is 1.99. The average Bonchev–Trinajstić information content (AvgIpc) is 3.29. The van der Waals surface area contributed by atoms with Crippen molar-refractivity contribution in [1.82, 2.24) is 5.32 Å². The number of halogens is 1. The lowest BCUT2D eigenvalue weighted by atomic mass is 10.1. The van der Waals surface area contributed by atoms with Gasteiger partial charge in [0.25, 0.3) is 0 Å². The minimum atomic E-state index is -0.229. The van der Waals surface area contributed by atoms with Gasteiger partial charge in [-0.1, -0.05) is 12.1 Å². The van der Waals surface area contributed by atoms with Gasteiger partial charge in [-0.3, -0.25) is 0 Å². The van der Waals surface area contributed by atoms with E-state index < -0.39 is 0 Å². The second-order valence-electron chi connectivity index (χ2n) is 5.52. The number of hydrogen-bond acceptors (Lipinski definition) is 4. The van der Waals surface area contributed by atoms with Crippen LogP contribution in [0, 0.1) is 5.82 Å². The molecule has 1 saturated heterocycles. The number of nitrogens with zero attached hydrogens (tertiary/aromatic N) is 1. The highest BCUT2D eigenvalue weighted by molar-refractivity contribution is 5.55. The highest BCUT2D eigenvalue weighted by Crippen LogP contribution is 2.27. The van der Waals surface area contributed by atoms with E-state index in [1.54, 1.807) is 6.07 Å². The first-order valence-corrected chi connectivity index (χ1v) is 7.26. The molecule has 20 heavy (non-hydrogen) atoms. The van der Waals surface area contributed by atoms with Gasteiger partial charge < -0.3 is 20.1 Å². The van der Waals surface area contributed by atoms with E-state index in [2.05, 4.69) is 5.32 Å². The highest BCUT2D eigenvalue weighted by atomic mass is 19.1. The zero-order valence-electron chi connectivity index (χ0n) is 11.5. The lowest BCUT2D eigenvalue weighted by molar-refractivity contribution is 0.00336. The van der Waals surface area contributed by atoms with Crippen molar-refractivity contribution in [3.05, 3.63) is 29.6 Å². The molecule has 1 heterocycles. The molecule has 0 amide bonds. The van der Waals surface area contributed by atoms with Gasteiger partial charge in [-0.25, -0.2) is 4.39 Å². The third-order valence-corrected chi connectivity index (χ3v) is 3.89. The van der Waals surface area contributed by atoms with Crippen LogP contribution >= 0.6 is 0 Å². The molecule has 2 N–H and O–H groups in total. The Kier molecular flexibility index (Phi) is 4.19. The lowest BCUT2D eigenvalue weighted by Gasteiger charge is -2.35. The Labute approximate surface area is 118 Å². The van der Waals surface area contributed by atoms with Crippen LogP contribution in [-0.2, 0) is 11.3 Å². The first kappa shape index (κ1) is 13.8. The standard InChI is InChI=1S/C15H21FN2O2/c16-14-3-1-2-11(8-17-12-4-5-12)15(14)18-6-7-20-13(9-18)10-19/h1-3,12-13,17,19H,4-10H2. The van der Waals surface area contributed by atoms with Gasteiger partial charge in [-0.2, -0.15) is 0 Å². The topological polar surface area (TPSA) is 44.7 Å². The number of aliphatic hydroxyl groups excluding tert-OH is 1. The maximum absolute atomic E-state index is 14.2. The normalized spacial score (nSPS) is 23.1. The second kappa shape index (κ2) is 6.08. The van der Waals surface area contributed by atoms with E-state index >= 15 is 0 Å². The molecule has 5 heteroatoms. The summed E-state index contributed by atoms with van der Waals surface area (Å²) in [6, 6.07) is 5.82. The van der Waals surface area contributed by atoms with Gasteiger partial charge in [-0.15, -0.1) is 0 Å². The van der Waals surface area contributed by atoms with Crippen molar-refractivity contribution in [1.29, 1.82) is 0 Å². The summed E-state index contributed by atoms with van der Waals surface area (Å²) in [5.74, 6) is -0.196. The van der Waals surface area contributed by atoms with Gasteiger partial charge in [0.1, 0.15) is 5.82 Å². The van der Waals surface area contributed by atoms with Crippen molar-refractivity contribution in [2.45, 2.75) is 31.5 Å². The van der Waals surface area contributed by atoms with Crippen molar-refractivity contribution in [2.24, 2.45) is 0 Å². The number of nitrogens with one attached hydrogen (secondary N) is 1. The average molecular weight is 280 g/mol. The van der Waals surface area contributed by atoms with Crippen LogP contribution < -0.4 is 10.2 Å². The molecular formula is C15H21FN2O2. The molecule has 1 aliphatic heterocycles. The molecule has 2 aliphatic rings. The first-order chi connectivity index (χ1) is 9.78. The zero-order chi connectivity index (χ0) is 13.9. The van der Waals surface area contributed by atoms with Gasteiger partial charge in [0.05, 0.1) is 25.0 Å². The number of hydrogen-bond donors (Lipinski definition) is 2. The summed E-state index contributed by atoms with van der Waals surface area (Å²) in [5, 5.41) is 12.7. The van der Waals surface area contributed by atoms with Gasteiger partial charge in [0.15, 0.2) is 0 Å². The number of morpholine rings is 1. The predicted molar refractivity (Wildman–Crippen MR) is 75.3 cm³/mol. The second-order valence-corrected chi connectivity index (χ2v) is 5.52. The fourth-order valence-electron chi connectivity index (χ4n) is 2.63. The predicted octanol–water partition coefficient (Wildman–Crippen LogP) is 1.28. The quantitative estimate of drug-likeness (QED) is 0.853. The molecule has 3 rings (SSSR count). The summed E-state index contributed by atoms with van der Waals surface area (Å²) in [6.45, 7) is 2.39. The molecule has 1 unspecified atom stereocenters. The highest BCUT2D eigenvalue weighted by Gasteiger charge is 2.25. The minimum Gasteiger partial charge on any atom is -0.394 e. The number of aliphatic hydroxyl groups is 1. The van der Waals surface area contributed by atoms with Crippen LogP contribution in [0.3, 0.4) is 0 Å². The molecule has 4 nitrogen and oxygen atoms in total. The SMILES string of the molecule is OCC1CN(c2c(F)cccc2CNC2CC2)CCO1.